The zero-order valence-electron chi connectivity index (χ0n) is 11.1. The Morgan fingerprint density at radius 1 is 1.25 bits per heavy atom. The Morgan fingerprint density at radius 2 is 1.95 bits per heavy atom. The SMILES string of the molecule is Cc1ccc(C(=O)N[C@@H](CO)c2ccccc2)c(Br)c1. The maximum absolute atomic E-state index is 12.3. The van der Waals surface area contributed by atoms with Gasteiger partial charge in [0.25, 0.3) is 5.91 Å². The average Bonchev–Trinajstić information content (AvgIpc) is 2.45. The van der Waals surface area contributed by atoms with E-state index in [-0.39, 0.29) is 12.5 Å². The highest BCUT2D eigenvalue weighted by Gasteiger charge is 2.16. The normalized spacial score (nSPS) is 11.9. The zero-order valence-corrected chi connectivity index (χ0v) is 12.7. The number of carbonyl (C=O) groups is 1. The van der Waals surface area contributed by atoms with E-state index in [2.05, 4.69) is 21.2 Å². The molecule has 0 saturated carbocycles. The van der Waals surface area contributed by atoms with Gasteiger partial charge >= 0.3 is 0 Å². The lowest BCUT2D eigenvalue weighted by Gasteiger charge is -2.17. The van der Waals surface area contributed by atoms with Gasteiger partial charge in [0.05, 0.1) is 18.2 Å². The molecule has 0 fully saturated rings. The van der Waals surface area contributed by atoms with Gasteiger partial charge in [-0.3, -0.25) is 4.79 Å². The van der Waals surface area contributed by atoms with Crippen LogP contribution in [-0.4, -0.2) is 17.6 Å². The van der Waals surface area contributed by atoms with Crippen LogP contribution in [0.1, 0.15) is 27.5 Å². The van der Waals surface area contributed by atoms with Crippen LogP contribution in [0, 0.1) is 6.92 Å². The van der Waals surface area contributed by atoms with Crippen molar-refractivity contribution in [1.29, 1.82) is 0 Å². The van der Waals surface area contributed by atoms with E-state index in [0.717, 1.165) is 15.6 Å². The number of rotatable bonds is 4. The number of halogens is 1. The largest absolute Gasteiger partial charge is 0.394 e. The Bertz CT molecular complexity index is 599. The van der Waals surface area contributed by atoms with Crippen molar-refractivity contribution in [2.24, 2.45) is 0 Å². The summed E-state index contributed by atoms with van der Waals surface area (Å²) in [5, 5.41) is 12.3. The van der Waals surface area contributed by atoms with Gasteiger partial charge in [-0.05, 0) is 46.1 Å². The summed E-state index contributed by atoms with van der Waals surface area (Å²) in [6.45, 7) is 1.83. The quantitative estimate of drug-likeness (QED) is 0.902. The molecular weight excluding hydrogens is 318 g/mol. The maximum Gasteiger partial charge on any atom is 0.252 e. The molecule has 1 amide bonds. The monoisotopic (exact) mass is 333 g/mol. The van der Waals surface area contributed by atoms with Crippen LogP contribution in [0.5, 0.6) is 0 Å². The molecule has 0 aliphatic carbocycles. The number of aliphatic hydroxyl groups excluding tert-OH is 1. The van der Waals surface area contributed by atoms with Crippen LogP contribution >= 0.6 is 15.9 Å². The summed E-state index contributed by atoms with van der Waals surface area (Å²) in [5.41, 5.74) is 2.52. The number of amides is 1. The minimum Gasteiger partial charge on any atom is -0.394 e. The smallest absolute Gasteiger partial charge is 0.252 e. The molecule has 0 spiro atoms. The number of aliphatic hydroxyl groups is 1. The lowest BCUT2D eigenvalue weighted by Crippen LogP contribution is -2.31. The molecule has 0 heterocycles. The fourth-order valence-corrected chi connectivity index (χ4v) is 2.63. The second kappa shape index (κ2) is 6.68. The van der Waals surface area contributed by atoms with Crippen molar-refractivity contribution >= 4 is 21.8 Å². The van der Waals surface area contributed by atoms with E-state index in [1.165, 1.54) is 0 Å². The fraction of sp³-hybridized carbons (Fsp3) is 0.188. The number of benzene rings is 2. The highest BCUT2D eigenvalue weighted by Crippen LogP contribution is 2.20. The van der Waals surface area contributed by atoms with Crippen molar-refractivity contribution in [2.45, 2.75) is 13.0 Å². The van der Waals surface area contributed by atoms with Gasteiger partial charge < -0.3 is 10.4 Å². The molecule has 0 aromatic heterocycles. The van der Waals surface area contributed by atoms with E-state index < -0.39 is 6.04 Å². The summed E-state index contributed by atoms with van der Waals surface area (Å²) in [4.78, 5) is 12.3. The Hall–Kier alpha value is -1.65. The van der Waals surface area contributed by atoms with Gasteiger partial charge in [0.2, 0.25) is 0 Å². The lowest BCUT2D eigenvalue weighted by atomic mass is 10.1. The first-order valence-corrected chi connectivity index (χ1v) is 7.14. The van der Waals surface area contributed by atoms with Gasteiger partial charge in [-0.1, -0.05) is 36.4 Å². The van der Waals surface area contributed by atoms with Gasteiger partial charge in [0.1, 0.15) is 0 Å². The van der Waals surface area contributed by atoms with E-state index in [4.69, 9.17) is 0 Å². The topological polar surface area (TPSA) is 49.3 Å². The van der Waals surface area contributed by atoms with Crippen LogP contribution in [0.2, 0.25) is 0 Å². The van der Waals surface area contributed by atoms with E-state index in [9.17, 15) is 9.90 Å². The molecule has 0 bridgehead atoms. The molecule has 4 heteroatoms. The van der Waals surface area contributed by atoms with Gasteiger partial charge in [-0.2, -0.15) is 0 Å². The lowest BCUT2D eigenvalue weighted by molar-refractivity contribution is 0.0915. The van der Waals surface area contributed by atoms with E-state index in [1.54, 1.807) is 6.07 Å². The molecule has 1 atom stereocenters. The van der Waals surface area contributed by atoms with Crippen LogP contribution in [0.4, 0.5) is 0 Å². The Balaban J connectivity index is 2.17. The van der Waals surface area contributed by atoms with Crippen LogP contribution < -0.4 is 5.32 Å². The van der Waals surface area contributed by atoms with E-state index in [1.807, 2.05) is 49.4 Å². The highest BCUT2D eigenvalue weighted by molar-refractivity contribution is 9.10. The minimum absolute atomic E-state index is 0.140. The van der Waals surface area contributed by atoms with E-state index in [0.29, 0.717) is 5.56 Å². The Kier molecular flexibility index (Phi) is 4.93. The third-order valence-corrected chi connectivity index (χ3v) is 3.72. The molecule has 0 radical (unpaired) electrons. The molecule has 0 unspecified atom stereocenters. The Labute approximate surface area is 126 Å². The molecule has 3 nitrogen and oxygen atoms in total. The minimum atomic E-state index is -0.406. The van der Waals surface area contributed by atoms with Crippen molar-refractivity contribution in [3.8, 4) is 0 Å². The number of carbonyl (C=O) groups excluding carboxylic acids is 1. The molecule has 104 valence electrons. The van der Waals surface area contributed by atoms with Gasteiger partial charge in [-0.25, -0.2) is 0 Å². The van der Waals surface area contributed by atoms with Crippen LogP contribution in [0.15, 0.2) is 53.0 Å². The summed E-state index contributed by atoms with van der Waals surface area (Å²) in [7, 11) is 0. The molecule has 2 rings (SSSR count). The molecule has 0 aliphatic heterocycles. The predicted octanol–water partition coefficient (Wildman–Crippen LogP) is 3.22. The molecule has 20 heavy (non-hydrogen) atoms. The fourth-order valence-electron chi connectivity index (χ4n) is 1.96. The van der Waals surface area contributed by atoms with Crippen molar-refractivity contribution < 1.29 is 9.90 Å². The second-order valence-electron chi connectivity index (χ2n) is 4.60. The van der Waals surface area contributed by atoms with Crippen molar-refractivity contribution in [3.05, 3.63) is 69.7 Å². The van der Waals surface area contributed by atoms with Crippen LogP contribution in [0.25, 0.3) is 0 Å². The number of hydrogen-bond acceptors (Lipinski definition) is 2. The van der Waals surface area contributed by atoms with Gasteiger partial charge in [0, 0.05) is 4.47 Å². The third kappa shape index (κ3) is 3.46. The summed E-state index contributed by atoms with van der Waals surface area (Å²) in [5.74, 6) is -0.209. The number of aryl methyl sites for hydroxylation is 1. The summed E-state index contributed by atoms with van der Waals surface area (Å²) >= 11 is 3.39. The molecule has 2 aromatic rings. The third-order valence-electron chi connectivity index (χ3n) is 3.06. The van der Waals surface area contributed by atoms with Gasteiger partial charge in [-0.15, -0.1) is 0 Å². The number of nitrogens with one attached hydrogen (secondary N) is 1. The van der Waals surface area contributed by atoms with E-state index >= 15 is 0 Å². The standard InChI is InChI=1S/C16H16BrNO2/c1-11-7-8-13(14(17)9-11)16(20)18-15(10-19)12-5-3-2-4-6-12/h2-9,15,19H,10H2,1H3,(H,18,20)/t15-/m0/s1. The molecule has 0 aliphatic rings. The predicted molar refractivity (Wildman–Crippen MR) is 82.6 cm³/mol. The summed E-state index contributed by atoms with van der Waals surface area (Å²) < 4.78 is 0.750. The van der Waals surface area contributed by atoms with Gasteiger partial charge in [0.15, 0.2) is 0 Å². The first-order chi connectivity index (χ1) is 9.61. The van der Waals surface area contributed by atoms with Crippen molar-refractivity contribution in [2.75, 3.05) is 6.61 Å². The molecule has 2 aromatic carbocycles. The summed E-state index contributed by atoms with van der Waals surface area (Å²) in [6, 6.07) is 14.6. The highest BCUT2D eigenvalue weighted by atomic mass is 79.9. The first kappa shape index (κ1) is 14.8. The second-order valence-corrected chi connectivity index (χ2v) is 5.46. The van der Waals surface area contributed by atoms with Crippen molar-refractivity contribution in [1.82, 2.24) is 5.32 Å². The van der Waals surface area contributed by atoms with Crippen LogP contribution in [-0.2, 0) is 0 Å². The summed E-state index contributed by atoms with van der Waals surface area (Å²) in [6.07, 6.45) is 0. The molecule has 2 N–H and O–H groups in total. The van der Waals surface area contributed by atoms with Crippen LogP contribution in [0.3, 0.4) is 0 Å². The zero-order chi connectivity index (χ0) is 14.5. The Morgan fingerprint density at radius 3 is 2.55 bits per heavy atom. The molecular formula is C16H16BrNO2. The van der Waals surface area contributed by atoms with Crippen molar-refractivity contribution in [3.63, 3.8) is 0 Å². The average molecular weight is 334 g/mol. The molecule has 0 saturated heterocycles. The maximum atomic E-state index is 12.3. The first-order valence-electron chi connectivity index (χ1n) is 6.34. The number of hydrogen-bond donors (Lipinski definition) is 2.